The summed E-state index contributed by atoms with van der Waals surface area (Å²) in [6, 6.07) is 21.7. The van der Waals surface area contributed by atoms with Crippen LogP contribution in [0.3, 0.4) is 0 Å². The Balaban J connectivity index is 1.49. The van der Waals surface area contributed by atoms with E-state index in [-0.39, 0.29) is 11.7 Å². The Labute approximate surface area is 178 Å². The molecule has 1 amide bonds. The number of ether oxygens (including phenoxy) is 1. The maximum absolute atomic E-state index is 13.4. The number of nitrogens with one attached hydrogen (secondary N) is 2. The Hall–Kier alpha value is -3.25. The normalized spacial score (nSPS) is 10.9. The van der Waals surface area contributed by atoms with Crippen molar-refractivity contribution in [1.82, 2.24) is 10.3 Å². The SMILES string of the molecule is COc1ccccc1C(=O)NCCSc1c(-c2ccc(F)cc2)[nH]c2ccccc12. The van der Waals surface area contributed by atoms with Crippen LogP contribution in [0.4, 0.5) is 4.39 Å². The lowest BCUT2D eigenvalue weighted by molar-refractivity contribution is 0.0953. The zero-order chi connectivity index (χ0) is 20.9. The number of carbonyl (C=O) groups is 1. The summed E-state index contributed by atoms with van der Waals surface area (Å²) >= 11 is 1.66. The van der Waals surface area contributed by atoms with E-state index in [9.17, 15) is 9.18 Å². The molecule has 4 nitrogen and oxygen atoms in total. The van der Waals surface area contributed by atoms with Crippen LogP contribution in [0.15, 0.2) is 77.7 Å². The molecule has 0 saturated carbocycles. The molecule has 1 heterocycles. The monoisotopic (exact) mass is 420 g/mol. The summed E-state index contributed by atoms with van der Waals surface area (Å²) in [5.41, 5.74) is 3.42. The number of halogens is 1. The number of fused-ring (bicyclic) bond motifs is 1. The number of rotatable bonds is 7. The number of hydrogen-bond acceptors (Lipinski definition) is 3. The van der Waals surface area contributed by atoms with Crippen LogP contribution in [0.1, 0.15) is 10.4 Å². The predicted octanol–water partition coefficient (Wildman–Crippen LogP) is 5.50. The Morgan fingerprint density at radius 2 is 1.77 bits per heavy atom. The van der Waals surface area contributed by atoms with Crippen LogP contribution in [0.5, 0.6) is 5.75 Å². The molecule has 0 bridgehead atoms. The molecule has 152 valence electrons. The molecule has 6 heteroatoms. The fourth-order valence-electron chi connectivity index (χ4n) is 3.33. The predicted molar refractivity (Wildman–Crippen MR) is 120 cm³/mol. The number of thioether (sulfide) groups is 1. The lowest BCUT2D eigenvalue weighted by Crippen LogP contribution is -2.26. The fourth-order valence-corrected chi connectivity index (χ4v) is 4.39. The van der Waals surface area contributed by atoms with E-state index in [4.69, 9.17) is 4.74 Å². The van der Waals surface area contributed by atoms with Crippen molar-refractivity contribution in [2.45, 2.75) is 4.90 Å². The molecule has 0 fully saturated rings. The van der Waals surface area contributed by atoms with Crippen LogP contribution in [-0.4, -0.2) is 30.3 Å². The first-order chi connectivity index (χ1) is 14.7. The summed E-state index contributed by atoms with van der Waals surface area (Å²) in [7, 11) is 1.55. The van der Waals surface area contributed by atoms with Gasteiger partial charge in [-0.3, -0.25) is 4.79 Å². The number of amides is 1. The summed E-state index contributed by atoms with van der Waals surface area (Å²) in [6.45, 7) is 0.504. The highest BCUT2D eigenvalue weighted by molar-refractivity contribution is 7.99. The number of methoxy groups -OCH3 is 1. The smallest absolute Gasteiger partial charge is 0.255 e. The van der Waals surface area contributed by atoms with Gasteiger partial charge in [-0.2, -0.15) is 0 Å². The Morgan fingerprint density at radius 3 is 2.57 bits per heavy atom. The lowest BCUT2D eigenvalue weighted by Gasteiger charge is -2.09. The highest BCUT2D eigenvalue weighted by Crippen LogP contribution is 2.37. The van der Waals surface area contributed by atoms with Gasteiger partial charge in [0.1, 0.15) is 11.6 Å². The van der Waals surface area contributed by atoms with Crippen LogP contribution in [0.25, 0.3) is 22.2 Å². The molecule has 1 aromatic heterocycles. The minimum absolute atomic E-state index is 0.161. The molecule has 0 aliphatic heterocycles. The highest BCUT2D eigenvalue weighted by atomic mass is 32.2. The minimum atomic E-state index is -0.261. The largest absolute Gasteiger partial charge is 0.496 e. The molecular weight excluding hydrogens is 399 g/mol. The van der Waals surface area contributed by atoms with Crippen molar-refractivity contribution in [1.29, 1.82) is 0 Å². The highest BCUT2D eigenvalue weighted by Gasteiger charge is 2.15. The van der Waals surface area contributed by atoms with Crippen LogP contribution in [-0.2, 0) is 0 Å². The molecule has 0 aliphatic carbocycles. The molecule has 0 unspecified atom stereocenters. The second-order valence-corrected chi connectivity index (χ2v) is 7.79. The second-order valence-electron chi connectivity index (χ2n) is 6.69. The van der Waals surface area contributed by atoms with E-state index < -0.39 is 0 Å². The third-order valence-corrected chi connectivity index (χ3v) is 5.90. The standard InChI is InChI=1S/C24H21FN2O2S/c1-29-21-9-5-3-7-19(21)24(28)26-14-15-30-23-18-6-2-4-8-20(18)27-22(23)16-10-12-17(25)13-11-16/h2-13,27H,14-15H2,1H3,(H,26,28). The van der Waals surface area contributed by atoms with E-state index in [0.717, 1.165) is 27.1 Å². The Kier molecular flexibility index (Phi) is 6.05. The van der Waals surface area contributed by atoms with Crippen molar-refractivity contribution in [3.05, 3.63) is 84.2 Å². The van der Waals surface area contributed by atoms with Gasteiger partial charge in [-0.15, -0.1) is 11.8 Å². The van der Waals surface area contributed by atoms with Gasteiger partial charge in [0.2, 0.25) is 0 Å². The van der Waals surface area contributed by atoms with Gasteiger partial charge in [-0.05, 0) is 48.0 Å². The number of aromatic amines is 1. The van der Waals surface area contributed by atoms with Gasteiger partial charge in [-0.25, -0.2) is 4.39 Å². The molecule has 0 atom stereocenters. The van der Waals surface area contributed by atoms with Gasteiger partial charge in [-0.1, -0.05) is 30.3 Å². The van der Waals surface area contributed by atoms with E-state index >= 15 is 0 Å². The first-order valence-electron chi connectivity index (χ1n) is 9.58. The van der Waals surface area contributed by atoms with E-state index in [1.807, 2.05) is 30.3 Å². The van der Waals surface area contributed by atoms with Crippen LogP contribution in [0, 0.1) is 5.82 Å². The number of benzene rings is 3. The van der Waals surface area contributed by atoms with E-state index in [0.29, 0.717) is 23.6 Å². The molecule has 0 saturated heterocycles. The first kappa shape index (κ1) is 20.0. The summed E-state index contributed by atoms with van der Waals surface area (Å²) < 4.78 is 18.6. The van der Waals surface area contributed by atoms with Gasteiger partial charge in [0.25, 0.3) is 5.91 Å². The van der Waals surface area contributed by atoms with Crippen molar-refractivity contribution in [2.75, 3.05) is 19.4 Å². The third-order valence-electron chi connectivity index (χ3n) is 4.78. The average molecular weight is 421 g/mol. The maximum Gasteiger partial charge on any atom is 0.255 e. The molecule has 4 aromatic rings. The number of hydrogen-bond donors (Lipinski definition) is 2. The topological polar surface area (TPSA) is 54.1 Å². The van der Waals surface area contributed by atoms with Crippen molar-refractivity contribution in [3.63, 3.8) is 0 Å². The van der Waals surface area contributed by atoms with Crippen LogP contribution >= 0.6 is 11.8 Å². The molecule has 4 rings (SSSR count). The van der Waals surface area contributed by atoms with E-state index in [1.165, 1.54) is 12.1 Å². The number of carbonyl (C=O) groups excluding carboxylic acids is 1. The van der Waals surface area contributed by atoms with Crippen LogP contribution in [0.2, 0.25) is 0 Å². The summed E-state index contributed by atoms with van der Waals surface area (Å²) in [5.74, 6) is 0.823. The van der Waals surface area contributed by atoms with Crippen molar-refractivity contribution in [2.24, 2.45) is 0 Å². The number of aromatic nitrogens is 1. The molecule has 0 spiro atoms. The molecule has 0 radical (unpaired) electrons. The molecule has 30 heavy (non-hydrogen) atoms. The molecule has 0 aliphatic rings. The van der Waals surface area contributed by atoms with E-state index in [2.05, 4.69) is 16.4 Å². The van der Waals surface area contributed by atoms with Gasteiger partial charge in [0.15, 0.2) is 0 Å². The maximum atomic E-state index is 13.4. The second kappa shape index (κ2) is 9.05. The summed E-state index contributed by atoms with van der Waals surface area (Å²) in [6.07, 6.45) is 0. The van der Waals surface area contributed by atoms with Crippen molar-refractivity contribution < 1.29 is 13.9 Å². The van der Waals surface area contributed by atoms with Crippen molar-refractivity contribution >= 4 is 28.6 Å². The fraction of sp³-hybridized carbons (Fsp3) is 0.125. The van der Waals surface area contributed by atoms with Gasteiger partial charge >= 0.3 is 0 Å². The van der Waals surface area contributed by atoms with Gasteiger partial charge in [0.05, 0.1) is 18.4 Å². The Morgan fingerprint density at radius 1 is 1.03 bits per heavy atom. The molecule has 2 N–H and O–H groups in total. The molecular formula is C24H21FN2O2S. The quantitative estimate of drug-likeness (QED) is 0.306. The van der Waals surface area contributed by atoms with E-state index in [1.54, 1.807) is 43.1 Å². The third kappa shape index (κ3) is 4.19. The zero-order valence-corrected chi connectivity index (χ0v) is 17.3. The zero-order valence-electron chi connectivity index (χ0n) is 16.4. The first-order valence-corrected chi connectivity index (χ1v) is 10.6. The van der Waals surface area contributed by atoms with Crippen molar-refractivity contribution in [3.8, 4) is 17.0 Å². The number of para-hydroxylation sites is 2. The number of H-pyrrole nitrogens is 1. The molecule has 3 aromatic carbocycles. The summed E-state index contributed by atoms with van der Waals surface area (Å²) in [4.78, 5) is 17.0. The summed E-state index contributed by atoms with van der Waals surface area (Å²) in [5, 5.41) is 4.06. The lowest BCUT2D eigenvalue weighted by atomic mass is 10.1. The minimum Gasteiger partial charge on any atom is -0.496 e. The Bertz CT molecular complexity index is 1170. The van der Waals surface area contributed by atoms with Gasteiger partial charge in [0, 0.05) is 28.1 Å². The van der Waals surface area contributed by atoms with Gasteiger partial charge < -0.3 is 15.0 Å². The van der Waals surface area contributed by atoms with Crippen LogP contribution < -0.4 is 10.1 Å². The average Bonchev–Trinajstić information content (AvgIpc) is 3.15.